The van der Waals surface area contributed by atoms with Crippen LogP contribution >= 0.6 is 11.8 Å². The second-order valence-corrected chi connectivity index (χ2v) is 9.78. The summed E-state index contributed by atoms with van der Waals surface area (Å²) in [5.74, 6) is 0.387. The summed E-state index contributed by atoms with van der Waals surface area (Å²) < 4.78 is 5.40. The summed E-state index contributed by atoms with van der Waals surface area (Å²) in [5.41, 5.74) is -0.304. The van der Waals surface area contributed by atoms with Crippen LogP contribution in [0.2, 0.25) is 0 Å². The number of carbonyl (C=O) groups excluding carboxylic acids is 2. The lowest BCUT2D eigenvalue weighted by atomic mass is 9.78. The molecule has 0 fully saturated rings. The molecule has 0 saturated carbocycles. The van der Waals surface area contributed by atoms with Crippen LogP contribution in [0.15, 0.2) is 12.2 Å². The van der Waals surface area contributed by atoms with Crippen molar-refractivity contribution in [3.63, 3.8) is 0 Å². The van der Waals surface area contributed by atoms with Crippen LogP contribution in [0.25, 0.3) is 0 Å². The van der Waals surface area contributed by atoms with Gasteiger partial charge in [-0.3, -0.25) is 4.79 Å². The first-order valence-corrected chi connectivity index (χ1v) is 8.91. The number of carbonyl (C=O) groups is 2. The molecular formula is C18H30O3S. The number of thioether (sulfide) groups is 1. The van der Waals surface area contributed by atoms with E-state index >= 15 is 0 Å². The second-order valence-electron chi connectivity index (χ2n) is 8.01. The number of allylic oxidation sites excluding steroid dienone is 1. The Kier molecular flexibility index (Phi) is 6.72. The maximum Gasteiger partial charge on any atom is 0.368 e. The summed E-state index contributed by atoms with van der Waals surface area (Å²) in [6, 6.07) is 0. The third-order valence-corrected chi connectivity index (χ3v) is 4.45. The van der Waals surface area contributed by atoms with E-state index < -0.39 is 0 Å². The van der Waals surface area contributed by atoms with Crippen molar-refractivity contribution in [3.8, 4) is 0 Å². The van der Waals surface area contributed by atoms with Gasteiger partial charge < -0.3 is 4.74 Å². The molecule has 1 aliphatic rings. The molecule has 0 aliphatic heterocycles. The lowest BCUT2D eigenvalue weighted by Crippen LogP contribution is -2.30. The number of hydrogen-bond acceptors (Lipinski definition) is 4. The van der Waals surface area contributed by atoms with Crippen LogP contribution in [0.4, 0.5) is 4.79 Å². The maximum atomic E-state index is 12.5. The highest BCUT2D eigenvalue weighted by Crippen LogP contribution is 2.30. The molecule has 0 aromatic rings. The quantitative estimate of drug-likeness (QED) is 0.504. The third-order valence-electron chi connectivity index (χ3n) is 3.58. The number of Topliss-reactive ketones (excluding diaryl/α,β-unsaturated/α-hetero) is 1. The van der Waals surface area contributed by atoms with E-state index in [1.807, 2.05) is 53.7 Å². The minimum absolute atomic E-state index is 0.0708. The zero-order chi connectivity index (χ0) is 17.0. The molecule has 0 aromatic heterocycles. The van der Waals surface area contributed by atoms with Crippen molar-refractivity contribution >= 4 is 22.8 Å². The Morgan fingerprint density at radius 1 is 1.05 bits per heavy atom. The number of ether oxygens (including phenoxy) is 1. The molecule has 2 atom stereocenters. The Labute approximate surface area is 139 Å². The molecule has 0 aromatic carbocycles. The molecule has 1 aliphatic carbocycles. The minimum atomic E-state index is -0.304. The summed E-state index contributed by atoms with van der Waals surface area (Å²) in [5, 5.41) is -0.235. The van der Waals surface area contributed by atoms with Gasteiger partial charge in [0.1, 0.15) is 11.9 Å². The van der Waals surface area contributed by atoms with Gasteiger partial charge in [0.25, 0.3) is 0 Å². The zero-order valence-corrected chi connectivity index (χ0v) is 15.6. The fourth-order valence-corrected chi connectivity index (χ4v) is 3.19. The summed E-state index contributed by atoms with van der Waals surface area (Å²) >= 11 is 1.21. The fourth-order valence-electron chi connectivity index (χ4n) is 2.52. The van der Waals surface area contributed by atoms with E-state index in [-0.39, 0.29) is 27.5 Å². The molecule has 0 radical (unpaired) electrons. The zero-order valence-electron chi connectivity index (χ0n) is 14.8. The molecule has 0 bridgehead atoms. The van der Waals surface area contributed by atoms with Crippen LogP contribution in [0.5, 0.6) is 0 Å². The first-order valence-electron chi connectivity index (χ1n) is 8.09. The average Bonchev–Trinajstić information content (AvgIpc) is 2.29. The largest absolute Gasteiger partial charge is 0.450 e. The van der Waals surface area contributed by atoms with Gasteiger partial charge in [0, 0.05) is 16.1 Å². The molecule has 0 spiro atoms. The van der Waals surface area contributed by atoms with Crippen molar-refractivity contribution in [1.82, 2.24) is 0 Å². The van der Waals surface area contributed by atoms with Crippen molar-refractivity contribution in [2.45, 2.75) is 78.1 Å². The number of hydrogen-bond donors (Lipinski definition) is 0. The van der Waals surface area contributed by atoms with Crippen LogP contribution in [0.1, 0.15) is 67.2 Å². The van der Waals surface area contributed by atoms with Gasteiger partial charge in [-0.1, -0.05) is 47.6 Å². The Bertz CT molecular complexity index is 427. The fraction of sp³-hybridized carbons (Fsp3) is 0.778. The molecule has 2 unspecified atom stereocenters. The molecule has 3 nitrogen and oxygen atoms in total. The molecule has 0 amide bonds. The molecule has 0 saturated heterocycles. The molecule has 0 N–H and O–H groups in total. The van der Waals surface area contributed by atoms with E-state index in [1.54, 1.807) is 0 Å². The van der Waals surface area contributed by atoms with Gasteiger partial charge in [0.05, 0.1) is 0 Å². The predicted octanol–water partition coefficient (Wildman–Crippen LogP) is 5.38. The Morgan fingerprint density at radius 2 is 1.68 bits per heavy atom. The molecular weight excluding hydrogens is 296 g/mol. The van der Waals surface area contributed by atoms with Crippen molar-refractivity contribution in [2.24, 2.45) is 11.3 Å². The highest BCUT2D eigenvalue weighted by Gasteiger charge is 2.30. The third kappa shape index (κ3) is 6.99. The second kappa shape index (κ2) is 7.67. The summed E-state index contributed by atoms with van der Waals surface area (Å²) in [4.78, 5) is 24.4. The van der Waals surface area contributed by atoms with Gasteiger partial charge in [-0.05, 0) is 43.5 Å². The number of ketones is 1. The highest BCUT2D eigenvalue weighted by molar-refractivity contribution is 8.14. The normalized spacial score (nSPS) is 25.0. The monoisotopic (exact) mass is 326 g/mol. The van der Waals surface area contributed by atoms with Crippen molar-refractivity contribution in [2.75, 3.05) is 0 Å². The summed E-state index contributed by atoms with van der Waals surface area (Å²) in [6.07, 6.45) is 7.08. The lowest BCUT2D eigenvalue weighted by molar-refractivity contribution is -0.131. The molecule has 1 rings (SSSR count). The van der Waals surface area contributed by atoms with E-state index in [4.69, 9.17) is 4.74 Å². The smallest absolute Gasteiger partial charge is 0.368 e. The topological polar surface area (TPSA) is 43.4 Å². The van der Waals surface area contributed by atoms with Crippen molar-refractivity contribution in [1.29, 1.82) is 0 Å². The summed E-state index contributed by atoms with van der Waals surface area (Å²) in [7, 11) is 0. The van der Waals surface area contributed by atoms with Crippen LogP contribution < -0.4 is 0 Å². The average molecular weight is 327 g/mol. The molecule has 22 heavy (non-hydrogen) atoms. The minimum Gasteiger partial charge on any atom is -0.450 e. The lowest BCUT2D eigenvalue weighted by Gasteiger charge is -2.27. The van der Waals surface area contributed by atoms with Crippen LogP contribution in [0.3, 0.4) is 0 Å². The first kappa shape index (κ1) is 19.3. The maximum absolute atomic E-state index is 12.5. The Hall–Kier alpha value is -0.770. The highest BCUT2D eigenvalue weighted by atomic mass is 32.2. The van der Waals surface area contributed by atoms with E-state index in [2.05, 4.69) is 0 Å². The molecule has 0 heterocycles. The SMILES string of the molecule is CC(C)(C)SC(=O)OC1/C=C/CCC(C(=O)C(C)(C)C)CC1. The van der Waals surface area contributed by atoms with E-state index in [0.29, 0.717) is 5.78 Å². The van der Waals surface area contributed by atoms with E-state index in [0.717, 1.165) is 25.7 Å². The molecule has 126 valence electrons. The first-order chi connectivity index (χ1) is 9.99. The Balaban J connectivity index is 2.61. The standard InChI is InChI=1S/C18H30O3S/c1-17(2,3)15(19)13-9-7-8-10-14(12-11-13)21-16(20)22-18(4,5)6/h8,10,13-14H,7,9,11-12H2,1-6H3/b10-8+. The van der Waals surface area contributed by atoms with Gasteiger partial charge >= 0.3 is 5.30 Å². The van der Waals surface area contributed by atoms with Crippen molar-refractivity contribution < 1.29 is 14.3 Å². The van der Waals surface area contributed by atoms with Crippen LogP contribution in [-0.2, 0) is 9.53 Å². The summed E-state index contributed by atoms with van der Waals surface area (Å²) in [6.45, 7) is 11.9. The van der Waals surface area contributed by atoms with Gasteiger partial charge in [-0.15, -0.1) is 0 Å². The number of rotatable bonds is 2. The van der Waals surface area contributed by atoms with E-state index in [9.17, 15) is 9.59 Å². The van der Waals surface area contributed by atoms with Crippen molar-refractivity contribution in [3.05, 3.63) is 12.2 Å². The Morgan fingerprint density at radius 3 is 2.23 bits per heavy atom. The van der Waals surface area contributed by atoms with Gasteiger partial charge in [0.15, 0.2) is 0 Å². The van der Waals surface area contributed by atoms with Gasteiger partial charge in [-0.2, -0.15) is 0 Å². The van der Waals surface area contributed by atoms with Crippen LogP contribution in [0, 0.1) is 11.3 Å². The van der Waals surface area contributed by atoms with Gasteiger partial charge in [-0.25, -0.2) is 4.79 Å². The van der Waals surface area contributed by atoms with Gasteiger partial charge in [0.2, 0.25) is 0 Å². The predicted molar refractivity (Wildman–Crippen MR) is 93.2 cm³/mol. The van der Waals surface area contributed by atoms with E-state index in [1.165, 1.54) is 11.8 Å². The van der Waals surface area contributed by atoms with Crippen LogP contribution in [-0.4, -0.2) is 21.9 Å². The molecule has 4 heteroatoms.